The van der Waals surface area contributed by atoms with E-state index in [-0.39, 0.29) is 115 Å². The molecule has 4 heterocycles. The maximum Gasteiger partial charge on any atom is 0.317 e. The molecule has 2 aromatic carbocycles. The molecule has 8 N–H and O–H groups in total. The van der Waals surface area contributed by atoms with Gasteiger partial charge in [0.1, 0.15) is 18.5 Å². The number of pyridine rings is 1. The number of fused-ring (bicyclic) bond motifs is 1. The lowest BCUT2D eigenvalue weighted by Crippen LogP contribution is -2.50. The zero-order valence-electron chi connectivity index (χ0n) is 50.6. The molecule has 0 aliphatic carbocycles. The Labute approximate surface area is 539 Å². The normalized spacial score (nSPS) is 17.9. The number of alkyl halides is 2. The molecule has 3 fully saturated rings. The van der Waals surface area contributed by atoms with Crippen molar-refractivity contribution >= 4 is 99.6 Å². The largest absolute Gasteiger partial charge is 0.494 e. The molecule has 494 valence electrons. The van der Waals surface area contributed by atoms with Gasteiger partial charge in [0.25, 0.3) is 11.8 Å². The minimum atomic E-state index is -3.18. The Morgan fingerprint density at radius 1 is 0.725 bits per heavy atom. The van der Waals surface area contributed by atoms with Crippen LogP contribution in [0.5, 0.6) is 5.75 Å². The van der Waals surface area contributed by atoms with Crippen molar-refractivity contribution in [3.05, 3.63) is 69.4 Å². The fourth-order valence-corrected chi connectivity index (χ4v) is 10.6. The first kappa shape index (κ1) is 72.0. The quantitative estimate of drug-likeness (QED) is 0.0141. The summed E-state index contributed by atoms with van der Waals surface area (Å²) in [5, 5.41) is 56.4. The van der Waals surface area contributed by atoms with E-state index in [0.717, 1.165) is 20.6 Å². The molecule has 0 spiro atoms. The van der Waals surface area contributed by atoms with E-state index in [9.17, 15) is 67.7 Å². The number of hydrogen-bond acceptors (Lipinski definition) is 21. The van der Waals surface area contributed by atoms with Gasteiger partial charge in [0, 0.05) is 138 Å². The molecule has 6 rings (SSSR count). The Bertz CT molecular complexity index is 3030. The number of benzene rings is 2. The fourth-order valence-electron chi connectivity index (χ4n) is 10.2. The second-order valence-electron chi connectivity index (χ2n) is 22.1. The van der Waals surface area contributed by atoms with Crippen LogP contribution in [0.15, 0.2) is 70.0 Å². The van der Waals surface area contributed by atoms with Gasteiger partial charge in [-0.2, -0.15) is 20.6 Å². The number of aromatic nitrogens is 1. The van der Waals surface area contributed by atoms with Gasteiger partial charge in [-0.3, -0.25) is 78.7 Å². The highest BCUT2D eigenvalue weighted by Gasteiger charge is 2.47. The molecule has 5 amide bonds. The Morgan fingerprint density at radius 2 is 1.33 bits per heavy atom. The third-order valence-electron chi connectivity index (χ3n) is 15.0. The number of nitrogens with zero attached hydrogens (tertiary/aromatic N) is 12. The average Bonchev–Trinajstić information content (AvgIpc) is 1.89. The predicted octanol–water partition coefficient (Wildman–Crippen LogP) is 0.801. The molecule has 3 aliphatic rings. The van der Waals surface area contributed by atoms with Gasteiger partial charge in [0.15, 0.2) is 0 Å². The molecule has 3 aromatic rings. The first-order valence-corrected chi connectivity index (χ1v) is 31.1. The van der Waals surface area contributed by atoms with E-state index in [4.69, 9.17) is 4.74 Å². The Kier molecular flexibility index (Phi) is 30.0. The van der Waals surface area contributed by atoms with Crippen molar-refractivity contribution in [2.24, 2.45) is 15.3 Å². The molecule has 0 bridgehead atoms. The second kappa shape index (κ2) is 37.9. The van der Waals surface area contributed by atoms with Gasteiger partial charge in [-0.15, -0.1) is 0 Å². The van der Waals surface area contributed by atoms with E-state index < -0.39 is 73.1 Å². The Hall–Kier alpha value is -8.10. The van der Waals surface area contributed by atoms with Crippen LogP contribution in [0.2, 0.25) is 0 Å². The lowest BCUT2D eigenvalue weighted by atomic mass is 10.1. The van der Waals surface area contributed by atoms with E-state index >= 15 is 0 Å². The van der Waals surface area contributed by atoms with Crippen LogP contribution in [-0.4, -0.2) is 276 Å². The number of likely N-dealkylation sites (tertiary alicyclic amines) is 1. The summed E-state index contributed by atoms with van der Waals surface area (Å²) in [6.45, 7) is 3.05. The van der Waals surface area contributed by atoms with Crippen LogP contribution in [0.3, 0.4) is 0 Å². The molecule has 2 atom stereocenters. The highest BCUT2D eigenvalue weighted by Crippen LogP contribution is 2.32. The van der Waals surface area contributed by atoms with Gasteiger partial charge < -0.3 is 40.5 Å². The molecule has 29 nitrogen and oxygen atoms in total. The number of rotatable bonds is 32. The van der Waals surface area contributed by atoms with Gasteiger partial charge in [-0.25, -0.2) is 14.2 Å². The van der Waals surface area contributed by atoms with Crippen LogP contribution in [-0.2, 0) is 33.6 Å². The van der Waals surface area contributed by atoms with E-state index in [1.54, 1.807) is 50.1 Å². The van der Waals surface area contributed by atoms with Gasteiger partial charge in [0.2, 0.25) is 23.6 Å². The number of ether oxygens (including phenoxy) is 1. The number of unbranched alkanes of at least 4 members (excludes halogenated alkanes) is 2. The first-order valence-electron chi connectivity index (χ1n) is 30.0. The number of hydrogen-bond donors (Lipinski definition) is 8. The zero-order valence-corrected chi connectivity index (χ0v) is 52.8. The SMILES string of the molecule is N#C[C@H]1CC(F)(F)CN1C(=O)CNC(=O)c1ccnc2ccc(OCCCN3CCN(C(=O)CCCCCC(=O)N/N=C\C(C/C=N/NCN/N=C/c4ccc(I)cc4)NC(=O)CN4CCN(CC(=O)O)CCN(CC(=O)O)CCN(CC(=O)O)CC4)CC3)cc12. The molecule has 32 heteroatoms. The van der Waals surface area contributed by atoms with Crippen molar-refractivity contribution < 1.29 is 67.2 Å². The van der Waals surface area contributed by atoms with Crippen LogP contribution in [0.25, 0.3) is 10.9 Å². The summed E-state index contributed by atoms with van der Waals surface area (Å²) in [6.07, 6.45) is 8.26. The number of carboxylic acids is 3. The third-order valence-corrected chi connectivity index (χ3v) is 15.8. The molecule has 0 saturated carbocycles. The number of carboxylic acid groups (broad SMARTS) is 3. The summed E-state index contributed by atoms with van der Waals surface area (Å²) in [4.78, 5) is 117. The maximum atomic E-state index is 13.9. The van der Waals surface area contributed by atoms with Crippen LogP contribution in [0, 0.1) is 14.9 Å². The fraction of sp³-hybridized carbons (Fsp3) is 0.542. The van der Waals surface area contributed by atoms with Crippen molar-refractivity contribution in [1.29, 1.82) is 5.26 Å². The second-order valence-corrected chi connectivity index (χ2v) is 23.3. The van der Waals surface area contributed by atoms with Gasteiger partial charge in [-0.1, -0.05) is 18.6 Å². The van der Waals surface area contributed by atoms with Gasteiger partial charge >= 0.3 is 17.9 Å². The molecule has 1 unspecified atom stereocenters. The molecule has 1 aromatic heterocycles. The predicted molar refractivity (Wildman–Crippen MR) is 339 cm³/mol. The molecular formula is C59H80F2IN17O12. The van der Waals surface area contributed by atoms with Gasteiger partial charge in [-0.05, 0) is 83.8 Å². The summed E-state index contributed by atoms with van der Waals surface area (Å²) >= 11 is 2.22. The Balaban J connectivity index is 0.909. The zero-order chi connectivity index (χ0) is 65.5. The molecule has 91 heavy (non-hydrogen) atoms. The topological polar surface area (TPSA) is 363 Å². The summed E-state index contributed by atoms with van der Waals surface area (Å²) in [7, 11) is 0. The highest BCUT2D eigenvalue weighted by molar-refractivity contribution is 14.1. The molecule has 3 saturated heterocycles. The van der Waals surface area contributed by atoms with Crippen molar-refractivity contribution in [2.45, 2.75) is 69.4 Å². The van der Waals surface area contributed by atoms with Crippen LogP contribution < -0.4 is 31.6 Å². The molecule has 0 radical (unpaired) electrons. The lowest BCUT2D eigenvalue weighted by Gasteiger charge is -2.34. The molecular weight excluding hydrogens is 1300 g/mol. The Morgan fingerprint density at radius 3 is 1.96 bits per heavy atom. The van der Waals surface area contributed by atoms with E-state index in [1.807, 2.05) is 29.2 Å². The minimum absolute atomic E-state index is 0.0373. The number of aliphatic carboxylic acids is 3. The van der Waals surface area contributed by atoms with Crippen molar-refractivity contribution in [2.75, 3.05) is 138 Å². The van der Waals surface area contributed by atoms with Crippen molar-refractivity contribution in [3.63, 3.8) is 0 Å². The average molecular weight is 1380 g/mol. The standard InChI is InChI=1S/C59H80F2IN17O12/c60-59(61)32-46(33-63)79(41-59)54(83)36-65-58(90)48-14-15-64-50-12-11-47(31-49(48)50)91-30-4-17-73-26-28-78(29-27-73)53(82)6-3-1-2-5-51(80)72-68-35-45(13-16-66-69-42-70-67-34-43-7-9-44(62)10-8-43)71-52(81)37-74-18-20-75(38-55(84)85)22-24-77(40-57(88)89)25-23-76(21-19-74)39-56(86)87/h7-12,14-16,31,34-35,45-46,69-70H,1-6,13,17-30,32,36-42H2,(H,65,90)(H,71,81)(H,72,80)(H,84,85)(H,86,87)(H,88,89)/b66-16+,67-34+,68-35-/t45?,46-/m1/s1. The molecule has 3 aliphatic heterocycles. The number of nitriles is 1. The summed E-state index contributed by atoms with van der Waals surface area (Å²) in [5.74, 6) is -8.05. The third kappa shape index (κ3) is 26.7. The first-order chi connectivity index (χ1) is 43.7. The smallest absolute Gasteiger partial charge is 0.317 e. The monoisotopic (exact) mass is 1380 g/mol. The maximum absolute atomic E-state index is 13.9. The minimum Gasteiger partial charge on any atom is -0.494 e. The van der Waals surface area contributed by atoms with E-state index in [2.05, 4.69) is 74.7 Å². The number of nitrogens with one attached hydrogen (secondary N) is 5. The number of amides is 5. The number of hydrazone groups is 3. The summed E-state index contributed by atoms with van der Waals surface area (Å²) in [6, 6.07) is 14.1. The number of carbonyl (C=O) groups is 8. The van der Waals surface area contributed by atoms with Crippen molar-refractivity contribution in [3.8, 4) is 11.8 Å². The van der Waals surface area contributed by atoms with E-state index in [1.165, 1.54) is 24.7 Å². The number of piperazine rings is 1. The van der Waals surface area contributed by atoms with Crippen molar-refractivity contribution in [1.82, 2.24) is 66.2 Å². The van der Waals surface area contributed by atoms with Gasteiger partial charge in [0.05, 0.1) is 75.3 Å². The van der Waals surface area contributed by atoms with E-state index in [0.29, 0.717) is 81.5 Å². The summed E-state index contributed by atoms with van der Waals surface area (Å²) < 4.78 is 34.9. The van der Waals surface area contributed by atoms with Crippen LogP contribution in [0.4, 0.5) is 8.78 Å². The lowest BCUT2D eigenvalue weighted by molar-refractivity contribution is -0.140. The summed E-state index contributed by atoms with van der Waals surface area (Å²) in [5.41, 5.74) is 9.80. The van der Waals surface area contributed by atoms with Crippen LogP contribution in [0.1, 0.15) is 67.3 Å². The van der Waals surface area contributed by atoms with Crippen LogP contribution >= 0.6 is 22.6 Å². The highest BCUT2D eigenvalue weighted by atomic mass is 127. The number of carbonyl (C=O) groups excluding carboxylic acids is 5. The number of halogens is 3.